The van der Waals surface area contributed by atoms with Crippen LogP contribution in [0.2, 0.25) is 0 Å². The van der Waals surface area contributed by atoms with Crippen molar-refractivity contribution in [2.24, 2.45) is 0 Å². The molecule has 0 atom stereocenters. The van der Waals surface area contributed by atoms with Crippen LogP contribution in [0.15, 0.2) is 36.4 Å². The zero-order chi connectivity index (χ0) is 13.0. The van der Waals surface area contributed by atoms with Crippen LogP contribution >= 0.6 is 11.3 Å². The molecule has 2 N–H and O–H groups in total. The lowest BCUT2D eigenvalue weighted by Gasteiger charge is -2.07. The van der Waals surface area contributed by atoms with Crippen LogP contribution in [-0.2, 0) is 12.8 Å². The number of rotatable bonds is 4. The van der Waals surface area contributed by atoms with Gasteiger partial charge in [0.25, 0.3) is 0 Å². The first-order chi connectivity index (χ1) is 8.69. The van der Waals surface area contributed by atoms with Crippen molar-refractivity contribution in [3.05, 3.63) is 51.7 Å². The van der Waals surface area contributed by atoms with Crippen molar-refractivity contribution in [2.45, 2.75) is 19.8 Å². The van der Waals surface area contributed by atoms with E-state index in [9.17, 15) is 4.79 Å². The summed E-state index contributed by atoms with van der Waals surface area (Å²) in [5.41, 5.74) is 1.67. The van der Waals surface area contributed by atoms with E-state index in [4.69, 9.17) is 5.11 Å². The standard InChI is InChI=1S/C14H15NO2S/c1-2-11-7-8-12(18-11)9-10-5-3-4-6-13(10)15-14(16)17/h3-8,15H,2,9H2,1H3,(H,16,17). The fourth-order valence-electron chi connectivity index (χ4n) is 1.81. The summed E-state index contributed by atoms with van der Waals surface area (Å²) in [6, 6.07) is 11.8. The summed E-state index contributed by atoms with van der Waals surface area (Å²) in [4.78, 5) is 13.3. The van der Waals surface area contributed by atoms with Gasteiger partial charge in [0.2, 0.25) is 0 Å². The number of amides is 1. The fraction of sp³-hybridized carbons (Fsp3) is 0.214. The molecule has 0 saturated carbocycles. The molecule has 94 valence electrons. The van der Waals surface area contributed by atoms with Gasteiger partial charge in [0, 0.05) is 21.9 Å². The number of anilines is 1. The zero-order valence-electron chi connectivity index (χ0n) is 10.1. The molecule has 0 fully saturated rings. The molecule has 1 heterocycles. The van der Waals surface area contributed by atoms with Gasteiger partial charge < -0.3 is 5.11 Å². The highest BCUT2D eigenvalue weighted by molar-refractivity contribution is 7.12. The topological polar surface area (TPSA) is 49.3 Å². The summed E-state index contributed by atoms with van der Waals surface area (Å²) in [5.74, 6) is 0. The van der Waals surface area contributed by atoms with Gasteiger partial charge in [0.05, 0.1) is 0 Å². The third kappa shape index (κ3) is 3.11. The van der Waals surface area contributed by atoms with Gasteiger partial charge in [-0.3, -0.25) is 5.32 Å². The number of para-hydroxylation sites is 1. The quantitative estimate of drug-likeness (QED) is 0.874. The number of hydrogen-bond acceptors (Lipinski definition) is 2. The lowest BCUT2D eigenvalue weighted by molar-refractivity contribution is 0.209. The number of nitrogens with one attached hydrogen (secondary N) is 1. The number of carbonyl (C=O) groups is 1. The maximum atomic E-state index is 10.7. The second kappa shape index (κ2) is 5.69. The lowest BCUT2D eigenvalue weighted by Crippen LogP contribution is -2.09. The Balaban J connectivity index is 2.20. The van der Waals surface area contributed by atoms with E-state index in [1.54, 1.807) is 17.4 Å². The second-order valence-electron chi connectivity index (χ2n) is 3.99. The summed E-state index contributed by atoms with van der Waals surface area (Å²) in [7, 11) is 0. The maximum Gasteiger partial charge on any atom is 0.409 e. The van der Waals surface area contributed by atoms with Gasteiger partial charge in [-0.05, 0) is 30.2 Å². The van der Waals surface area contributed by atoms with E-state index < -0.39 is 6.09 Å². The van der Waals surface area contributed by atoms with Crippen molar-refractivity contribution >= 4 is 23.1 Å². The van der Waals surface area contributed by atoms with E-state index in [-0.39, 0.29) is 0 Å². The van der Waals surface area contributed by atoms with E-state index in [0.29, 0.717) is 5.69 Å². The van der Waals surface area contributed by atoms with Crippen LogP contribution in [0.4, 0.5) is 10.5 Å². The van der Waals surface area contributed by atoms with Crippen LogP contribution < -0.4 is 5.32 Å². The summed E-state index contributed by atoms with van der Waals surface area (Å²) in [6.45, 7) is 2.13. The molecule has 0 unspecified atom stereocenters. The molecule has 0 aliphatic rings. The number of aryl methyl sites for hydroxylation is 1. The Morgan fingerprint density at radius 3 is 2.61 bits per heavy atom. The zero-order valence-corrected chi connectivity index (χ0v) is 11.0. The Morgan fingerprint density at radius 1 is 1.22 bits per heavy atom. The molecule has 0 spiro atoms. The highest BCUT2D eigenvalue weighted by Crippen LogP contribution is 2.24. The molecule has 0 aliphatic carbocycles. The smallest absolute Gasteiger partial charge is 0.409 e. The van der Waals surface area contributed by atoms with Crippen molar-refractivity contribution < 1.29 is 9.90 Å². The van der Waals surface area contributed by atoms with Crippen LogP contribution in [-0.4, -0.2) is 11.2 Å². The number of thiophene rings is 1. The highest BCUT2D eigenvalue weighted by atomic mass is 32.1. The van der Waals surface area contributed by atoms with E-state index in [2.05, 4.69) is 24.4 Å². The van der Waals surface area contributed by atoms with Gasteiger partial charge in [-0.2, -0.15) is 0 Å². The molecule has 2 aromatic rings. The second-order valence-corrected chi connectivity index (χ2v) is 5.24. The summed E-state index contributed by atoms with van der Waals surface area (Å²) >= 11 is 1.78. The average Bonchev–Trinajstić information content (AvgIpc) is 2.79. The Labute approximate surface area is 110 Å². The number of carboxylic acid groups (broad SMARTS) is 1. The van der Waals surface area contributed by atoms with E-state index in [1.165, 1.54) is 9.75 Å². The number of benzene rings is 1. The van der Waals surface area contributed by atoms with Crippen LogP contribution in [0.1, 0.15) is 22.2 Å². The van der Waals surface area contributed by atoms with Crippen molar-refractivity contribution in [3.8, 4) is 0 Å². The summed E-state index contributed by atoms with van der Waals surface area (Å²) < 4.78 is 0. The molecule has 4 heteroatoms. The predicted octanol–water partition coefficient (Wildman–Crippen LogP) is 3.99. The first-order valence-electron chi connectivity index (χ1n) is 5.84. The molecule has 0 bridgehead atoms. The SMILES string of the molecule is CCc1ccc(Cc2ccccc2NC(=O)O)s1. The van der Waals surface area contributed by atoms with Crippen molar-refractivity contribution in [1.82, 2.24) is 0 Å². The maximum absolute atomic E-state index is 10.7. The molecular formula is C14H15NO2S. The fourth-order valence-corrected chi connectivity index (χ4v) is 2.79. The van der Waals surface area contributed by atoms with Crippen LogP contribution in [0.5, 0.6) is 0 Å². The van der Waals surface area contributed by atoms with E-state index in [0.717, 1.165) is 18.4 Å². The summed E-state index contributed by atoms with van der Waals surface area (Å²) in [5, 5.41) is 11.2. The Bertz CT molecular complexity index is 548. The molecule has 0 saturated heterocycles. The molecule has 1 aromatic carbocycles. The average molecular weight is 261 g/mol. The minimum Gasteiger partial charge on any atom is -0.465 e. The molecule has 1 amide bonds. The van der Waals surface area contributed by atoms with Gasteiger partial charge >= 0.3 is 6.09 Å². The highest BCUT2D eigenvalue weighted by Gasteiger charge is 2.07. The first-order valence-corrected chi connectivity index (χ1v) is 6.66. The van der Waals surface area contributed by atoms with Crippen LogP contribution in [0, 0.1) is 0 Å². The van der Waals surface area contributed by atoms with Crippen molar-refractivity contribution in [2.75, 3.05) is 5.32 Å². The van der Waals surface area contributed by atoms with Crippen LogP contribution in [0.3, 0.4) is 0 Å². The van der Waals surface area contributed by atoms with Crippen LogP contribution in [0.25, 0.3) is 0 Å². The largest absolute Gasteiger partial charge is 0.465 e. The monoisotopic (exact) mass is 261 g/mol. The number of hydrogen-bond donors (Lipinski definition) is 2. The van der Waals surface area contributed by atoms with Crippen molar-refractivity contribution in [3.63, 3.8) is 0 Å². The molecule has 0 radical (unpaired) electrons. The normalized spacial score (nSPS) is 10.3. The Kier molecular flexibility index (Phi) is 3.99. The summed E-state index contributed by atoms with van der Waals surface area (Å²) in [6.07, 6.45) is 0.781. The molecule has 0 aliphatic heterocycles. The minimum atomic E-state index is -1.03. The van der Waals surface area contributed by atoms with E-state index in [1.807, 2.05) is 18.2 Å². The molecule has 2 rings (SSSR count). The minimum absolute atomic E-state index is 0.663. The van der Waals surface area contributed by atoms with Gasteiger partial charge in [0.1, 0.15) is 0 Å². The van der Waals surface area contributed by atoms with Gasteiger partial charge in [0.15, 0.2) is 0 Å². The lowest BCUT2D eigenvalue weighted by atomic mass is 10.1. The Morgan fingerprint density at radius 2 is 1.94 bits per heavy atom. The predicted molar refractivity (Wildman–Crippen MR) is 74.6 cm³/mol. The van der Waals surface area contributed by atoms with Gasteiger partial charge in [-0.15, -0.1) is 11.3 Å². The first kappa shape index (κ1) is 12.6. The third-order valence-corrected chi connectivity index (χ3v) is 3.92. The molecular weight excluding hydrogens is 246 g/mol. The van der Waals surface area contributed by atoms with E-state index >= 15 is 0 Å². The third-order valence-electron chi connectivity index (χ3n) is 2.69. The molecule has 1 aromatic heterocycles. The van der Waals surface area contributed by atoms with Gasteiger partial charge in [-0.1, -0.05) is 25.1 Å². The Hall–Kier alpha value is -1.81. The van der Waals surface area contributed by atoms with Gasteiger partial charge in [-0.25, -0.2) is 4.79 Å². The molecule has 18 heavy (non-hydrogen) atoms. The van der Waals surface area contributed by atoms with Crippen molar-refractivity contribution in [1.29, 1.82) is 0 Å². The molecule has 3 nitrogen and oxygen atoms in total.